The molecule has 1 aromatic carbocycles. The van der Waals surface area contributed by atoms with Gasteiger partial charge in [-0.15, -0.1) is 0 Å². The number of hydrogen-bond acceptors (Lipinski definition) is 3. The minimum atomic E-state index is 0.553. The van der Waals surface area contributed by atoms with E-state index in [9.17, 15) is 0 Å². The summed E-state index contributed by atoms with van der Waals surface area (Å²) in [4.78, 5) is 8.31. The zero-order valence-electron chi connectivity index (χ0n) is 8.64. The van der Waals surface area contributed by atoms with Crippen LogP contribution in [0.4, 0.5) is 0 Å². The van der Waals surface area contributed by atoms with Crippen LogP contribution in [0.5, 0.6) is 0 Å². The molecule has 0 atom stereocenters. The van der Waals surface area contributed by atoms with E-state index in [0.29, 0.717) is 6.54 Å². The van der Waals surface area contributed by atoms with E-state index in [1.165, 1.54) is 0 Å². The summed E-state index contributed by atoms with van der Waals surface area (Å²) in [5.74, 6) is 0. The Morgan fingerprint density at radius 1 is 1.20 bits per heavy atom. The summed E-state index contributed by atoms with van der Waals surface area (Å²) >= 11 is 0. The van der Waals surface area contributed by atoms with E-state index in [1.807, 2.05) is 31.2 Å². The van der Waals surface area contributed by atoms with Gasteiger partial charge in [-0.3, -0.25) is 0 Å². The number of aromatic nitrogens is 2. The van der Waals surface area contributed by atoms with Gasteiger partial charge in [-0.25, -0.2) is 9.97 Å². The monoisotopic (exact) mass is 199 g/mol. The highest BCUT2D eigenvalue weighted by atomic mass is 14.8. The minimum Gasteiger partial charge on any atom is -0.326 e. The van der Waals surface area contributed by atoms with Crippen LogP contribution in [0.1, 0.15) is 11.3 Å². The van der Waals surface area contributed by atoms with Crippen LogP contribution in [0.3, 0.4) is 0 Å². The molecule has 0 saturated carbocycles. The van der Waals surface area contributed by atoms with E-state index in [0.717, 1.165) is 22.5 Å². The van der Waals surface area contributed by atoms with Gasteiger partial charge < -0.3 is 5.73 Å². The topological polar surface area (TPSA) is 51.8 Å². The van der Waals surface area contributed by atoms with Crippen LogP contribution in [0.15, 0.2) is 36.7 Å². The summed E-state index contributed by atoms with van der Waals surface area (Å²) in [5, 5.41) is 0. The normalized spacial score (nSPS) is 10.3. The molecule has 3 nitrogen and oxygen atoms in total. The van der Waals surface area contributed by atoms with Gasteiger partial charge in [0.05, 0.1) is 5.69 Å². The smallest absolute Gasteiger partial charge is 0.116 e. The second kappa shape index (κ2) is 4.19. The fourth-order valence-electron chi connectivity index (χ4n) is 1.47. The molecule has 0 unspecified atom stereocenters. The molecule has 1 aromatic heterocycles. The van der Waals surface area contributed by atoms with Crippen molar-refractivity contribution in [1.82, 2.24) is 9.97 Å². The first-order valence-corrected chi connectivity index (χ1v) is 4.87. The fourth-order valence-corrected chi connectivity index (χ4v) is 1.47. The van der Waals surface area contributed by atoms with Gasteiger partial charge in [0.25, 0.3) is 0 Å². The molecule has 2 aromatic rings. The Morgan fingerprint density at radius 2 is 2.07 bits per heavy atom. The maximum atomic E-state index is 5.59. The Labute approximate surface area is 89.0 Å². The van der Waals surface area contributed by atoms with Crippen molar-refractivity contribution in [1.29, 1.82) is 0 Å². The van der Waals surface area contributed by atoms with Gasteiger partial charge in [0.2, 0.25) is 0 Å². The Hall–Kier alpha value is -1.74. The average Bonchev–Trinajstić information content (AvgIpc) is 2.29. The molecule has 2 N–H and O–H groups in total. The standard InChI is InChI=1S/C12H13N3/c1-9-5-12(15-8-14-9)11-4-2-3-10(6-11)7-13/h2-6,8H,7,13H2,1H3. The molecule has 0 spiro atoms. The minimum absolute atomic E-state index is 0.553. The summed E-state index contributed by atoms with van der Waals surface area (Å²) in [6, 6.07) is 10.1. The maximum absolute atomic E-state index is 5.59. The first-order valence-electron chi connectivity index (χ1n) is 4.87. The predicted molar refractivity (Wildman–Crippen MR) is 60.1 cm³/mol. The first-order chi connectivity index (χ1) is 7.29. The quantitative estimate of drug-likeness (QED) is 0.803. The van der Waals surface area contributed by atoms with Crippen molar-refractivity contribution in [3.8, 4) is 11.3 Å². The number of hydrogen-bond donors (Lipinski definition) is 1. The molecule has 1 heterocycles. The second-order valence-corrected chi connectivity index (χ2v) is 3.45. The van der Waals surface area contributed by atoms with Gasteiger partial charge in [-0.05, 0) is 24.6 Å². The van der Waals surface area contributed by atoms with Crippen LogP contribution in [0.25, 0.3) is 11.3 Å². The van der Waals surface area contributed by atoms with E-state index in [2.05, 4.69) is 16.0 Å². The summed E-state index contributed by atoms with van der Waals surface area (Å²) in [6.07, 6.45) is 1.58. The molecule has 15 heavy (non-hydrogen) atoms. The number of rotatable bonds is 2. The van der Waals surface area contributed by atoms with Crippen LogP contribution in [-0.4, -0.2) is 9.97 Å². The highest BCUT2D eigenvalue weighted by molar-refractivity contribution is 5.59. The summed E-state index contributed by atoms with van der Waals surface area (Å²) in [7, 11) is 0. The number of nitrogens with zero attached hydrogens (tertiary/aromatic N) is 2. The number of aryl methyl sites for hydroxylation is 1. The van der Waals surface area contributed by atoms with Gasteiger partial charge in [0, 0.05) is 17.8 Å². The molecule has 3 heteroatoms. The number of nitrogens with two attached hydrogens (primary N) is 1. The third-order valence-electron chi connectivity index (χ3n) is 2.26. The maximum Gasteiger partial charge on any atom is 0.116 e. The average molecular weight is 199 g/mol. The van der Waals surface area contributed by atoms with Crippen LogP contribution >= 0.6 is 0 Å². The summed E-state index contributed by atoms with van der Waals surface area (Å²) < 4.78 is 0. The zero-order chi connectivity index (χ0) is 10.7. The first kappa shape index (κ1) is 9.80. The highest BCUT2D eigenvalue weighted by Crippen LogP contribution is 2.17. The molecule has 0 bridgehead atoms. The van der Waals surface area contributed by atoms with Crippen molar-refractivity contribution < 1.29 is 0 Å². The second-order valence-electron chi connectivity index (χ2n) is 3.45. The van der Waals surface area contributed by atoms with Crippen molar-refractivity contribution in [3.63, 3.8) is 0 Å². The Balaban J connectivity index is 2.44. The van der Waals surface area contributed by atoms with Crippen molar-refractivity contribution in [2.75, 3.05) is 0 Å². The molecule has 0 aliphatic carbocycles. The summed E-state index contributed by atoms with van der Waals surface area (Å²) in [6.45, 7) is 2.51. The van der Waals surface area contributed by atoms with Crippen molar-refractivity contribution in [2.45, 2.75) is 13.5 Å². The fraction of sp³-hybridized carbons (Fsp3) is 0.167. The molecule has 0 radical (unpaired) electrons. The van der Waals surface area contributed by atoms with E-state index in [1.54, 1.807) is 6.33 Å². The zero-order valence-corrected chi connectivity index (χ0v) is 8.64. The summed E-state index contributed by atoms with van der Waals surface area (Å²) in [5.41, 5.74) is 9.71. The highest BCUT2D eigenvalue weighted by Gasteiger charge is 2.00. The lowest BCUT2D eigenvalue weighted by atomic mass is 10.1. The van der Waals surface area contributed by atoms with E-state index in [-0.39, 0.29) is 0 Å². The van der Waals surface area contributed by atoms with Gasteiger partial charge in [-0.1, -0.05) is 18.2 Å². The molecule has 0 amide bonds. The van der Waals surface area contributed by atoms with Gasteiger partial charge >= 0.3 is 0 Å². The third-order valence-corrected chi connectivity index (χ3v) is 2.26. The van der Waals surface area contributed by atoms with Gasteiger partial charge in [-0.2, -0.15) is 0 Å². The lowest BCUT2D eigenvalue weighted by Crippen LogP contribution is -1.96. The van der Waals surface area contributed by atoms with Crippen molar-refractivity contribution >= 4 is 0 Å². The Bertz CT molecular complexity index is 466. The van der Waals surface area contributed by atoms with E-state index in [4.69, 9.17) is 5.73 Å². The van der Waals surface area contributed by atoms with Crippen LogP contribution in [0.2, 0.25) is 0 Å². The lowest BCUT2D eigenvalue weighted by Gasteiger charge is -2.03. The van der Waals surface area contributed by atoms with Gasteiger partial charge in [0.1, 0.15) is 6.33 Å². The molecule has 0 aliphatic heterocycles. The lowest BCUT2D eigenvalue weighted by molar-refractivity contribution is 1.07. The van der Waals surface area contributed by atoms with Crippen LogP contribution in [-0.2, 0) is 6.54 Å². The molecule has 0 fully saturated rings. The molecule has 2 rings (SSSR count). The molecular weight excluding hydrogens is 186 g/mol. The molecular formula is C12H13N3. The van der Waals surface area contributed by atoms with Crippen molar-refractivity contribution in [2.24, 2.45) is 5.73 Å². The van der Waals surface area contributed by atoms with Crippen molar-refractivity contribution in [3.05, 3.63) is 47.9 Å². The van der Waals surface area contributed by atoms with Crippen LogP contribution < -0.4 is 5.73 Å². The number of benzene rings is 1. The molecule has 0 aliphatic rings. The Morgan fingerprint density at radius 3 is 2.80 bits per heavy atom. The Kier molecular flexibility index (Phi) is 2.74. The predicted octanol–water partition coefficient (Wildman–Crippen LogP) is 1.91. The van der Waals surface area contributed by atoms with Gasteiger partial charge in [0.15, 0.2) is 0 Å². The largest absolute Gasteiger partial charge is 0.326 e. The van der Waals surface area contributed by atoms with E-state index < -0.39 is 0 Å². The SMILES string of the molecule is Cc1cc(-c2cccc(CN)c2)ncn1. The van der Waals surface area contributed by atoms with E-state index >= 15 is 0 Å². The third kappa shape index (κ3) is 2.19. The van der Waals surface area contributed by atoms with Crippen LogP contribution in [0, 0.1) is 6.92 Å². The molecule has 76 valence electrons. The molecule has 0 saturated heterocycles.